The van der Waals surface area contributed by atoms with E-state index in [-0.39, 0.29) is 0 Å². The largest absolute Gasteiger partial charge is 0.468 e. The van der Waals surface area contributed by atoms with Crippen LogP contribution in [0.25, 0.3) is 0 Å². The summed E-state index contributed by atoms with van der Waals surface area (Å²) in [4.78, 5) is 0. The van der Waals surface area contributed by atoms with Gasteiger partial charge in [0.1, 0.15) is 5.75 Å². The second-order valence-corrected chi connectivity index (χ2v) is 6.34. The van der Waals surface area contributed by atoms with Gasteiger partial charge < -0.3 is 14.8 Å². The second-order valence-electron chi connectivity index (χ2n) is 6.34. The van der Waals surface area contributed by atoms with Gasteiger partial charge in [0.2, 0.25) is 0 Å². The van der Waals surface area contributed by atoms with Crippen molar-refractivity contribution in [1.29, 1.82) is 0 Å². The molecule has 1 saturated carbocycles. The topological polar surface area (TPSA) is 30.5 Å². The van der Waals surface area contributed by atoms with Crippen LogP contribution in [0.5, 0.6) is 5.75 Å². The molecule has 1 N–H and O–H groups in total. The van der Waals surface area contributed by atoms with Gasteiger partial charge in [-0.25, -0.2) is 0 Å². The number of aryl methyl sites for hydroxylation is 1. The number of benzene rings is 1. The molecule has 0 spiro atoms. The average Bonchev–Trinajstić information content (AvgIpc) is 3.33. The highest BCUT2D eigenvalue weighted by Gasteiger charge is 2.22. The molecule has 1 fully saturated rings. The average molecular weight is 289 g/mol. The molecule has 0 heterocycles. The molecule has 0 saturated heterocycles. The molecular formula is C18H27NO2. The van der Waals surface area contributed by atoms with Gasteiger partial charge in [-0.1, -0.05) is 13.0 Å². The Morgan fingerprint density at radius 2 is 2.14 bits per heavy atom. The summed E-state index contributed by atoms with van der Waals surface area (Å²) in [6, 6.07) is 7.01. The summed E-state index contributed by atoms with van der Waals surface area (Å²) in [5.41, 5.74) is 2.90. The van der Waals surface area contributed by atoms with Crippen LogP contribution in [0.2, 0.25) is 0 Å². The fourth-order valence-electron chi connectivity index (χ4n) is 3.01. The highest BCUT2D eigenvalue weighted by molar-refractivity contribution is 5.39. The SMILES string of the molecule is CCCNC1CCCc2ccc(OCOCC3CC3)cc21. The Hall–Kier alpha value is -1.06. The molecule has 21 heavy (non-hydrogen) atoms. The van der Waals surface area contributed by atoms with Crippen LogP contribution < -0.4 is 10.1 Å². The van der Waals surface area contributed by atoms with Crippen LogP contribution in [0.1, 0.15) is 56.2 Å². The normalized spacial score (nSPS) is 21.1. The van der Waals surface area contributed by atoms with Crippen molar-refractivity contribution in [1.82, 2.24) is 5.32 Å². The van der Waals surface area contributed by atoms with Gasteiger partial charge in [-0.2, -0.15) is 0 Å². The molecule has 0 radical (unpaired) electrons. The first-order chi connectivity index (χ1) is 10.4. The monoisotopic (exact) mass is 289 g/mol. The third kappa shape index (κ3) is 4.21. The van der Waals surface area contributed by atoms with Crippen LogP contribution in [-0.2, 0) is 11.2 Å². The van der Waals surface area contributed by atoms with E-state index in [0.29, 0.717) is 12.8 Å². The van der Waals surface area contributed by atoms with Crippen LogP contribution >= 0.6 is 0 Å². The van der Waals surface area contributed by atoms with Crippen molar-refractivity contribution in [2.24, 2.45) is 5.92 Å². The highest BCUT2D eigenvalue weighted by atomic mass is 16.7. The minimum Gasteiger partial charge on any atom is -0.468 e. The molecule has 1 aromatic rings. The van der Waals surface area contributed by atoms with E-state index in [2.05, 4.69) is 30.4 Å². The molecule has 116 valence electrons. The molecule has 0 bridgehead atoms. The molecule has 0 aromatic heterocycles. The molecular weight excluding hydrogens is 262 g/mol. The van der Waals surface area contributed by atoms with Crippen molar-refractivity contribution in [3.05, 3.63) is 29.3 Å². The summed E-state index contributed by atoms with van der Waals surface area (Å²) in [6.45, 7) is 4.53. The number of hydrogen-bond donors (Lipinski definition) is 1. The lowest BCUT2D eigenvalue weighted by Gasteiger charge is -2.27. The molecule has 3 rings (SSSR count). The van der Waals surface area contributed by atoms with Crippen molar-refractivity contribution in [3.63, 3.8) is 0 Å². The fourth-order valence-corrected chi connectivity index (χ4v) is 3.01. The number of nitrogens with one attached hydrogen (secondary N) is 1. The van der Waals surface area contributed by atoms with Crippen LogP contribution in [-0.4, -0.2) is 19.9 Å². The number of rotatable bonds is 8. The zero-order valence-electron chi connectivity index (χ0n) is 13.1. The Labute approximate surface area is 128 Å². The standard InChI is InChI=1S/C18H27NO2/c1-2-10-19-18-5-3-4-15-8-9-16(11-17(15)18)21-13-20-12-14-6-7-14/h8-9,11,14,18-19H,2-7,10,12-13H2,1H3. The molecule has 2 aliphatic rings. The van der Waals surface area contributed by atoms with Crippen molar-refractivity contribution in [3.8, 4) is 5.75 Å². The van der Waals surface area contributed by atoms with Crippen LogP contribution in [0.4, 0.5) is 0 Å². The molecule has 1 unspecified atom stereocenters. The lowest BCUT2D eigenvalue weighted by molar-refractivity contribution is 0.00990. The minimum atomic E-state index is 0.377. The lowest BCUT2D eigenvalue weighted by Crippen LogP contribution is -2.25. The van der Waals surface area contributed by atoms with Gasteiger partial charge in [0, 0.05) is 6.04 Å². The van der Waals surface area contributed by atoms with Crippen molar-refractivity contribution in [2.75, 3.05) is 19.9 Å². The first kappa shape index (κ1) is 14.9. The Bertz CT molecular complexity index is 457. The Balaban J connectivity index is 1.57. The van der Waals surface area contributed by atoms with E-state index in [1.54, 1.807) is 0 Å². The van der Waals surface area contributed by atoms with Gasteiger partial charge in [-0.05, 0) is 74.2 Å². The van der Waals surface area contributed by atoms with Gasteiger partial charge in [0.15, 0.2) is 6.79 Å². The summed E-state index contributed by atoms with van der Waals surface area (Å²) < 4.78 is 11.3. The molecule has 3 heteroatoms. The van der Waals surface area contributed by atoms with E-state index in [1.807, 2.05) is 0 Å². The summed E-state index contributed by atoms with van der Waals surface area (Å²) in [7, 11) is 0. The van der Waals surface area contributed by atoms with Crippen LogP contribution in [0.15, 0.2) is 18.2 Å². The van der Waals surface area contributed by atoms with E-state index in [0.717, 1.165) is 24.8 Å². The minimum absolute atomic E-state index is 0.377. The summed E-state index contributed by atoms with van der Waals surface area (Å²) in [6.07, 6.45) is 7.52. The number of hydrogen-bond acceptors (Lipinski definition) is 3. The maximum atomic E-state index is 5.75. The summed E-state index contributed by atoms with van der Waals surface area (Å²) in [5.74, 6) is 1.73. The van der Waals surface area contributed by atoms with Gasteiger partial charge in [0.25, 0.3) is 0 Å². The van der Waals surface area contributed by atoms with Crippen molar-refractivity contribution < 1.29 is 9.47 Å². The highest BCUT2D eigenvalue weighted by Crippen LogP contribution is 2.32. The first-order valence-electron chi connectivity index (χ1n) is 8.43. The zero-order chi connectivity index (χ0) is 14.5. The van der Waals surface area contributed by atoms with Gasteiger partial charge in [0.05, 0.1) is 6.61 Å². The number of fused-ring (bicyclic) bond motifs is 1. The molecule has 1 atom stereocenters. The van der Waals surface area contributed by atoms with Crippen LogP contribution in [0, 0.1) is 5.92 Å². The molecule has 2 aliphatic carbocycles. The Morgan fingerprint density at radius 3 is 2.95 bits per heavy atom. The zero-order valence-corrected chi connectivity index (χ0v) is 13.1. The van der Waals surface area contributed by atoms with Gasteiger partial charge in [-0.3, -0.25) is 0 Å². The second kappa shape index (κ2) is 7.28. The Morgan fingerprint density at radius 1 is 1.24 bits per heavy atom. The van der Waals surface area contributed by atoms with E-state index < -0.39 is 0 Å². The predicted octanol–water partition coefficient (Wildman–Crippen LogP) is 3.83. The maximum Gasteiger partial charge on any atom is 0.189 e. The van der Waals surface area contributed by atoms with E-state index in [4.69, 9.17) is 9.47 Å². The van der Waals surface area contributed by atoms with Gasteiger partial charge >= 0.3 is 0 Å². The van der Waals surface area contributed by atoms with Crippen molar-refractivity contribution >= 4 is 0 Å². The molecule has 0 aliphatic heterocycles. The quantitative estimate of drug-likeness (QED) is 0.583. The van der Waals surface area contributed by atoms with E-state index in [1.165, 1.54) is 49.7 Å². The van der Waals surface area contributed by atoms with E-state index in [9.17, 15) is 0 Å². The third-order valence-corrected chi connectivity index (χ3v) is 4.43. The lowest BCUT2D eigenvalue weighted by atomic mass is 9.87. The summed E-state index contributed by atoms with van der Waals surface area (Å²) >= 11 is 0. The first-order valence-corrected chi connectivity index (χ1v) is 8.43. The molecule has 0 amide bonds. The summed E-state index contributed by atoms with van der Waals surface area (Å²) in [5, 5.41) is 3.66. The molecule has 1 aromatic carbocycles. The van der Waals surface area contributed by atoms with Gasteiger partial charge in [-0.15, -0.1) is 0 Å². The van der Waals surface area contributed by atoms with Crippen LogP contribution in [0.3, 0.4) is 0 Å². The number of ether oxygens (including phenoxy) is 2. The van der Waals surface area contributed by atoms with E-state index >= 15 is 0 Å². The maximum absolute atomic E-state index is 5.75. The predicted molar refractivity (Wildman–Crippen MR) is 84.6 cm³/mol. The smallest absolute Gasteiger partial charge is 0.189 e. The Kier molecular flexibility index (Phi) is 5.15. The van der Waals surface area contributed by atoms with Crippen molar-refractivity contribution in [2.45, 2.75) is 51.5 Å². The molecule has 3 nitrogen and oxygen atoms in total. The fraction of sp³-hybridized carbons (Fsp3) is 0.667. The third-order valence-electron chi connectivity index (χ3n) is 4.43.